The summed E-state index contributed by atoms with van der Waals surface area (Å²) in [5.74, 6) is 0.631. The van der Waals surface area contributed by atoms with Gasteiger partial charge in [-0.3, -0.25) is 9.48 Å². The van der Waals surface area contributed by atoms with Crippen molar-refractivity contribution in [2.24, 2.45) is 0 Å². The zero-order valence-electron chi connectivity index (χ0n) is 22.2. The topological polar surface area (TPSA) is 95.1 Å². The molecule has 0 aliphatic heterocycles. The Bertz CT molecular complexity index is 1420. The minimum atomic E-state index is -4.52. The molecule has 0 radical (unpaired) electrons. The number of ether oxygens (including phenoxy) is 1. The van der Waals surface area contributed by atoms with E-state index in [1.807, 2.05) is 52.0 Å². The summed E-state index contributed by atoms with van der Waals surface area (Å²) in [6.07, 6.45) is -0.989. The third-order valence-electron chi connectivity index (χ3n) is 5.81. The molecule has 4 aromatic rings. The van der Waals surface area contributed by atoms with Crippen LogP contribution in [0.1, 0.15) is 61.6 Å². The van der Waals surface area contributed by atoms with Crippen LogP contribution in [-0.4, -0.2) is 32.4 Å². The summed E-state index contributed by atoms with van der Waals surface area (Å²) >= 11 is 0. The molecule has 1 amide bonds. The van der Waals surface area contributed by atoms with Gasteiger partial charge < -0.3 is 14.5 Å². The van der Waals surface area contributed by atoms with Gasteiger partial charge in [-0.15, -0.1) is 10.2 Å². The summed E-state index contributed by atoms with van der Waals surface area (Å²) < 4.78 is 52.3. The Kier molecular flexibility index (Phi) is 8.08. The fourth-order valence-electron chi connectivity index (χ4n) is 3.89. The molecule has 0 aliphatic carbocycles. The maximum Gasteiger partial charge on any atom is 0.416 e. The van der Waals surface area contributed by atoms with E-state index in [2.05, 4.69) is 20.6 Å². The second-order valence-corrected chi connectivity index (χ2v) is 10.0. The molecule has 11 heteroatoms. The highest BCUT2D eigenvalue weighted by Crippen LogP contribution is 2.34. The highest BCUT2D eigenvalue weighted by Gasteiger charge is 2.31. The normalized spacial score (nSPS) is 12.0. The number of rotatable bonds is 9. The molecule has 2 heterocycles. The summed E-state index contributed by atoms with van der Waals surface area (Å²) in [4.78, 5) is 13.2. The Morgan fingerprint density at radius 3 is 2.46 bits per heavy atom. The third kappa shape index (κ3) is 6.84. The first kappa shape index (κ1) is 27.9. The van der Waals surface area contributed by atoms with Crippen molar-refractivity contribution in [1.82, 2.24) is 25.3 Å². The average molecular weight is 542 g/mol. The van der Waals surface area contributed by atoms with Crippen LogP contribution in [0.25, 0.3) is 11.5 Å². The van der Waals surface area contributed by atoms with E-state index in [1.54, 1.807) is 0 Å². The molecule has 4 rings (SSSR count). The van der Waals surface area contributed by atoms with Crippen LogP contribution < -0.4 is 10.1 Å². The predicted molar refractivity (Wildman–Crippen MR) is 139 cm³/mol. The number of hydrogen-bond donors (Lipinski definition) is 1. The van der Waals surface area contributed by atoms with Crippen molar-refractivity contribution < 1.29 is 27.1 Å². The Labute approximate surface area is 224 Å². The summed E-state index contributed by atoms with van der Waals surface area (Å²) in [5, 5.41) is 15.3. The molecule has 39 heavy (non-hydrogen) atoms. The number of benzene rings is 2. The van der Waals surface area contributed by atoms with E-state index >= 15 is 0 Å². The van der Waals surface area contributed by atoms with E-state index in [-0.39, 0.29) is 17.2 Å². The van der Waals surface area contributed by atoms with Gasteiger partial charge in [-0.2, -0.15) is 18.3 Å². The smallest absolute Gasteiger partial charge is 0.416 e. The van der Waals surface area contributed by atoms with Crippen LogP contribution in [0.5, 0.6) is 11.5 Å². The van der Waals surface area contributed by atoms with Crippen molar-refractivity contribution in [3.63, 3.8) is 0 Å². The number of aromatic nitrogens is 4. The maximum absolute atomic E-state index is 13.2. The number of carbonyl (C=O) groups excluding carboxylic acids is 1. The van der Waals surface area contributed by atoms with Crippen LogP contribution in [0.4, 0.5) is 13.2 Å². The molecule has 2 aromatic carbocycles. The van der Waals surface area contributed by atoms with Gasteiger partial charge in [-0.05, 0) is 69.5 Å². The van der Waals surface area contributed by atoms with Crippen LogP contribution in [0.2, 0.25) is 0 Å². The molecule has 1 N–H and O–H groups in total. The average Bonchev–Trinajstić information content (AvgIpc) is 3.52. The number of nitrogens with zero attached hydrogens (tertiary/aromatic N) is 4. The second-order valence-electron chi connectivity index (χ2n) is 10.0. The van der Waals surface area contributed by atoms with Gasteiger partial charge in [0.15, 0.2) is 11.4 Å². The fourth-order valence-corrected chi connectivity index (χ4v) is 3.89. The molecule has 2 aromatic heterocycles. The van der Waals surface area contributed by atoms with Crippen LogP contribution in [0.3, 0.4) is 0 Å². The van der Waals surface area contributed by atoms with Gasteiger partial charge in [-0.25, -0.2) is 0 Å². The Hall–Kier alpha value is -4.15. The molecule has 0 spiro atoms. The summed E-state index contributed by atoms with van der Waals surface area (Å²) in [5.41, 5.74) is 0.486. The molecule has 0 aliphatic rings. The third-order valence-corrected chi connectivity index (χ3v) is 5.81. The molecule has 0 fully saturated rings. The fraction of sp³-hybridized carbons (Fsp3) is 0.357. The lowest BCUT2D eigenvalue weighted by Crippen LogP contribution is -2.33. The van der Waals surface area contributed by atoms with Gasteiger partial charge in [-0.1, -0.05) is 25.1 Å². The summed E-state index contributed by atoms with van der Waals surface area (Å²) in [6, 6.07) is 12.1. The van der Waals surface area contributed by atoms with Crippen LogP contribution >= 0.6 is 0 Å². The zero-order valence-corrected chi connectivity index (χ0v) is 22.2. The SMILES string of the molecule is CCCc1nnc(-c2ccc(CCNC(=O)c3c(Oc4cccc(C(F)(F)F)c4)cnn3C(C)(C)C)cc2)o1. The first-order chi connectivity index (χ1) is 18.5. The monoisotopic (exact) mass is 541 g/mol. The van der Waals surface area contributed by atoms with Gasteiger partial charge in [0.25, 0.3) is 5.91 Å². The van der Waals surface area contributed by atoms with Gasteiger partial charge in [0.05, 0.1) is 17.3 Å². The van der Waals surface area contributed by atoms with Crippen molar-refractivity contribution in [2.45, 2.75) is 58.7 Å². The largest absolute Gasteiger partial charge is 0.453 e. The second kappa shape index (κ2) is 11.3. The summed E-state index contributed by atoms with van der Waals surface area (Å²) in [6.45, 7) is 7.94. The number of alkyl halides is 3. The molecule has 0 atom stereocenters. The van der Waals surface area contributed by atoms with Gasteiger partial charge >= 0.3 is 6.18 Å². The number of amides is 1. The molecule has 206 valence electrons. The van der Waals surface area contributed by atoms with E-state index in [4.69, 9.17) is 9.15 Å². The molecule has 0 bridgehead atoms. The molecule has 0 unspecified atom stereocenters. The van der Waals surface area contributed by atoms with Crippen LogP contribution in [0, 0.1) is 0 Å². The highest BCUT2D eigenvalue weighted by atomic mass is 19.4. The number of nitrogens with one attached hydrogen (secondary N) is 1. The highest BCUT2D eigenvalue weighted by molar-refractivity contribution is 5.95. The number of hydrogen-bond acceptors (Lipinski definition) is 6. The van der Waals surface area contributed by atoms with E-state index in [0.717, 1.165) is 36.1 Å². The van der Waals surface area contributed by atoms with E-state index in [0.29, 0.717) is 24.7 Å². The molecule has 0 saturated heterocycles. The van der Waals surface area contributed by atoms with Crippen molar-refractivity contribution in [3.05, 3.63) is 77.4 Å². The van der Waals surface area contributed by atoms with Gasteiger partial charge in [0.1, 0.15) is 5.75 Å². The minimum Gasteiger partial charge on any atom is -0.453 e. The van der Waals surface area contributed by atoms with Crippen LogP contribution in [-0.2, 0) is 24.6 Å². The van der Waals surface area contributed by atoms with Gasteiger partial charge in [0.2, 0.25) is 11.8 Å². The van der Waals surface area contributed by atoms with E-state index in [9.17, 15) is 18.0 Å². The molecule has 8 nitrogen and oxygen atoms in total. The first-order valence-corrected chi connectivity index (χ1v) is 12.6. The first-order valence-electron chi connectivity index (χ1n) is 12.6. The molecular formula is C28H30F3N5O3. The lowest BCUT2D eigenvalue weighted by Gasteiger charge is -2.22. The molecule has 0 saturated carbocycles. The Morgan fingerprint density at radius 1 is 1.05 bits per heavy atom. The standard InChI is InChI=1S/C28H30F3N5O3/c1-5-7-23-34-35-26(39-23)19-12-10-18(11-13-19)14-15-32-25(37)24-22(17-33-36(24)27(2,3)4)38-21-9-6-8-20(16-21)28(29,30)31/h6,8-13,16-17H,5,7,14-15H2,1-4H3,(H,32,37). The lowest BCUT2D eigenvalue weighted by atomic mass is 10.1. The predicted octanol–water partition coefficient (Wildman–Crippen LogP) is 6.42. The quantitative estimate of drug-likeness (QED) is 0.263. The zero-order chi connectivity index (χ0) is 28.2. The van der Waals surface area contributed by atoms with Gasteiger partial charge in [0, 0.05) is 18.5 Å². The number of carbonyl (C=O) groups is 1. The number of aryl methyl sites for hydroxylation is 1. The Morgan fingerprint density at radius 2 is 1.79 bits per heavy atom. The van der Waals surface area contributed by atoms with Crippen molar-refractivity contribution in [1.29, 1.82) is 0 Å². The van der Waals surface area contributed by atoms with E-state index < -0.39 is 23.2 Å². The van der Waals surface area contributed by atoms with Crippen LogP contribution in [0.15, 0.2) is 59.1 Å². The Balaban J connectivity index is 1.45. The number of halogens is 3. The van der Waals surface area contributed by atoms with Crippen molar-refractivity contribution in [3.8, 4) is 23.0 Å². The van der Waals surface area contributed by atoms with E-state index in [1.165, 1.54) is 23.0 Å². The lowest BCUT2D eigenvalue weighted by molar-refractivity contribution is -0.137. The summed E-state index contributed by atoms with van der Waals surface area (Å²) in [7, 11) is 0. The van der Waals surface area contributed by atoms with Crippen molar-refractivity contribution in [2.75, 3.05) is 6.54 Å². The molecular weight excluding hydrogens is 511 g/mol. The minimum absolute atomic E-state index is 0.0458. The van der Waals surface area contributed by atoms with Crippen molar-refractivity contribution >= 4 is 5.91 Å². The maximum atomic E-state index is 13.2.